The Morgan fingerprint density at radius 3 is 2.52 bits per heavy atom. The third kappa shape index (κ3) is 3.89. The van der Waals surface area contributed by atoms with Crippen LogP contribution in [0.15, 0.2) is 48.7 Å². The molecule has 0 atom stereocenters. The maximum absolute atomic E-state index is 13.4. The second kappa shape index (κ2) is 8.49. The van der Waals surface area contributed by atoms with Gasteiger partial charge in [-0.05, 0) is 43.3 Å². The van der Waals surface area contributed by atoms with Gasteiger partial charge in [0, 0.05) is 24.7 Å². The first-order valence-electron chi connectivity index (χ1n) is 9.84. The lowest BCUT2D eigenvalue weighted by atomic mass is 9.99. The summed E-state index contributed by atoms with van der Waals surface area (Å²) in [6, 6.07) is 13.2. The zero-order valence-electron chi connectivity index (χ0n) is 16.7. The first-order chi connectivity index (χ1) is 14.2. The van der Waals surface area contributed by atoms with Crippen LogP contribution in [-0.2, 0) is 4.74 Å². The Morgan fingerprint density at radius 1 is 1.10 bits per heavy atom. The van der Waals surface area contributed by atoms with Crippen LogP contribution in [0.25, 0.3) is 10.9 Å². The maximum atomic E-state index is 13.4. The van der Waals surface area contributed by atoms with E-state index < -0.39 is 0 Å². The summed E-state index contributed by atoms with van der Waals surface area (Å²) in [5.41, 5.74) is 3.13. The van der Waals surface area contributed by atoms with E-state index in [0.717, 1.165) is 41.2 Å². The molecule has 6 nitrogen and oxygen atoms in total. The average Bonchev–Trinajstić information content (AvgIpc) is 2.78. The molecule has 0 amide bonds. The fraction of sp³-hybridized carbons (Fsp3) is 0.304. The van der Waals surface area contributed by atoms with Crippen molar-refractivity contribution in [1.29, 1.82) is 0 Å². The molecule has 0 saturated carbocycles. The minimum Gasteiger partial charge on any atom is -0.497 e. The van der Waals surface area contributed by atoms with Crippen LogP contribution in [0.4, 0.5) is 5.69 Å². The number of anilines is 1. The fourth-order valence-corrected chi connectivity index (χ4v) is 3.66. The topological polar surface area (TPSA) is 62.1 Å². The molecule has 2 heterocycles. The Hall–Kier alpha value is -3.12. The van der Waals surface area contributed by atoms with E-state index in [1.165, 1.54) is 0 Å². The van der Waals surface area contributed by atoms with Crippen molar-refractivity contribution in [3.8, 4) is 11.5 Å². The molecular formula is C23H25N2O4+. The van der Waals surface area contributed by atoms with Crippen molar-refractivity contribution in [1.82, 2.24) is 0 Å². The van der Waals surface area contributed by atoms with Crippen molar-refractivity contribution in [2.45, 2.75) is 6.92 Å². The molecule has 1 aliphatic rings. The van der Waals surface area contributed by atoms with Crippen LogP contribution in [-0.4, -0.2) is 45.8 Å². The first-order valence-corrected chi connectivity index (χ1v) is 9.84. The number of ether oxygens (including phenoxy) is 3. The van der Waals surface area contributed by atoms with Gasteiger partial charge >= 0.3 is 0 Å². The lowest BCUT2D eigenvalue weighted by Crippen LogP contribution is -2.37. The van der Waals surface area contributed by atoms with Gasteiger partial charge in [0.1, 0.15) is 17.1 Å². The second-order valence-electron chi connectivity index (χ2n) is 6.85. The number of hydrogen-bond acceptors (Lipinski definition) is 5. The lowest BCUT2D eigenvalue weighted by molar-refractivity contribution is -0.344. The van der Waals surface area contributed by atoms with Gasteiger partial charge in [-0.3, -0.25) is 4.79 Å². The summed E-state index contributed by atoms with van der Waals surface area (Å²) in [6.07, 6.45) is 1.80. The van der Waals surface area contributed by atoms with Crippen molar-refractivity contribution in [2.24, 2.45) is 0 Å². The molecule has 4 rings (SSSR count). The van der Waals surface area contributed by atoms with Crippen LogP contribution in [0.2, 0.25) is 0 Å². The predicted octanol–water partition coefficient (Wildman–Crippen LogP) is 3.13. The van der Waals surface area contributed by atoms with Gasteiger partial charge in [0.2, 0.25) is 11.3 Å². The zero-order valence-corrected chi connectivity index (χ0v) is 16.7. The summed E-state index contributed by atoms with van der Waals surface area (Å²) >= 11 is 0. The van der Waals surface area contributed by atoms with E-state index >= 15 is 0 Å². The summed E-state index contributed by atoms with van der Waals surface area (Å²) in [6.45, 7) is 5.28. The zero-order chi connectivity index (χ0) is 20.2. The second-order valence-corrected chi connectivity index (χ2v) is 6.85. The molecule has 29 heavy (non-hydrogen) atoms. The van der Waals surface area contributed by atoms with Crippen molar-refractivity contribution < 1.29 is 24.0 Å². The van der Waals surface area contributed by atoms with Crippen molar-refractivity contribution in [2.75, 3.05) is 44.9 Å². The number of rotatable bonds is 6. The number of nitrogens with one attached hydrogen (secondary N) is 1. The molecule has 0 aliphatic carbocycles. The number of aromatic amines is 1. The minimum absolute atomic E-state index is 0.0319. The van der Waals surface area contributed by atoms with Crippen molar-refractivity contribution in [3.05, 3.63) is 59.8 Å². The average molecular weight is 393 g/mol. The van der Waals surface area contributed by atoms with E-state index in [9.17, 15) is 4.79 Å². The van der Waals surface area contributed by atoms with Gasteiger partial charge in [-0.1, -0.05) is 0 Å². The summed E-state index contributed by atoms with van der Waals surface area (Å²) in [7, 11) is 1.65. The SMILES string of the molecule is CCOc1ccc(C(=O)c2c[nH+]c3ccc(OC)cc3c2N2CCOCC2)cc1. The van der Waals surface area contributed by atoms with Gasteiger partial charge in [-0.2, -0.15) is 0 Å². The molecule has 0 unspecified atom stereocenters. The molecule has 1 N–H and O–H groups in total. The molecule has 0 spiro atoms. The molecule has 0 bridgehead atoms. The molecule has 6 heteroatoms. The number of aromatic nitrogens is 1. The monoisotopic (exact) mass is 393 g/mol. The third-order valence-electron chi connectivity index (χ3n) is 5.11. The number of H-pyrrole nitrogens is 1. The number of carbonyl (C=O) groups excluding carboxylic acids is 1. The van der Waals surface area contributed by atoms with Gasteiger partial charge in [0.15, 0.2) is 6.20 Å². The van der Waals surface area contributed by atoms with Gasteiger partial charge in [-0.15, -0.1) is 0 Å². The lowest BCUT2D eigenvalue weighted by Gasteiger charge is -2.30. The van der Waals surface area contributed by atoms with Crippen LogP contribution in [0, 0.1) is 0 Å². The van der Waals surface area contributed by atoms with E-state index in [4.69, 9.17) is 14.2 Å². The summed E-state index contributed by atoms with van der Waals surface area (Å²) in [5, 5.41) is 0.961. The summed E-state index contributed by atoms with van der Waals surface area (Å²) < 4.78 is 16.5. The smallest absolute Gasteiger partial charge is 0.213 e. The number of nitrogens with zero attached hydrogens (tertiary/aromatic N) is 1. The van der Waals surface area contributed by atoms with Crippen LogP contribution >= 0.6 is 0 Å². The maximum Gasteiger partial charge on any atom is 0.213 e. The Bertz CT molecular complexity index is 1010. The number of carbonyl (C=O) groups is 1. The number of morpholine rings is 1. The standard InChI is InChI=1S/C23H24N2O4/c1-3-29-17-6-4-16(5-7-17)23(26)20-15-24-21-9-8-18(27-2)14-19(21)22(20)25-10-12-28-13-11-25/h4-9,14-15H,3,10-13H2,1-2H3/p+1. The number of methoxy groups -OCH3 is 1. The van der Waals surface area contributed by atoms with E-state index in [2.05, 4.69) is 9.88 Å². The summed E-state index contributed by atoms with van der Waals surface area (Å²) in [4.78, 5) is 18.9. The Kier molecular flexibility index (Phi) is 5.62. The van der Waals surface area contributed by atoms with E-state index in [1.54, 1.807) is 13.3 Å². The van der Waals surface area contributed by atoms with Gasteiger partial charge in [0.05, 0.1) is 38.0 Å². The van der Waals surface area contributed by atoms with Crippen LogP contribution in [0.5, 0.6) is 11.5 Å². The highest BCUT2D eigenvalue weighted by Gasteiger charge is 2.26. The third-order valence-corrected chi connectivity index (χ3v) is 5.11. The molecule has 1 saturated heterocycles. The van der Waals surface area contributed by atoms with Gasteiger partial charge in [0.25, 0.3) is 0 Å². The molecule has 150 valence electrons. The number of hydrogen-bond donors (Lipinski definition) is 0. The van der Waals surface area contributed by atoms with Crippen molar-refractivity contribution in [3.63, 3.8) is 0 Å². The van der Waals surface area contributed by atoms with Crippen LogP contribution in [0.3, 0.4) is 0 Å². The highest BCUT2D eigenvalue weighted by Crippen LogP contribution is 2.33. The minimum atomic E-state index is -0.0319. The number of pyridine rings is 1. The molecular weight excluding hydrogens is 368 g/mol. The van der Waals surface area contributed by atoms with Crippen molar-refractivity contribution >= 4 is 22.4 Å². The first kappa shape index (κ1) is 19.2. The largest absolute Gasteiger partial charge is 0.497 e. The number of ketones is 1. The number of fused-ring (bicyclic) bond motifs is 1. The fourth-order valence-electron chi connectivity index (χ4n) is 3.66. The predicted molar refractivity (Wildman–Crippen MR) is 111 cm³/mol. The molecule has 1 aliphatic heterocycles. The Morgan fingerprint density at radius 2 is 1.83 bits per heavy atom. The van der Waals surface area contributed by atoms with Crippen LogP contribution in [0.1, 0.15) is 22.8 Å². The van der Waals surface area contributed by atoms with Crippen LogP contribution < -0.4 is 19.4 Å². The Labute approximate surface area is 170 Å². The molecule has 1 aromatic heterocycles. The highest BCUT2D eigenvalue weighted by molar-refractivity contribution is 6.15. The molecule has 0 radical (unpaired) electrons. The van der Waals surface area contributed by atoms with Gasteiger partial charge in [-0.25, -0.2) is 4.98 Å². The summed E-state index contributed by atoms with van der Waals surface area (Å²) in [5.74, 6) is 1.48. The Balaban J connectivity index is 1.82. The van der Waals surface area contributed by atoms with E-state index in [0.29, 0.717) is 30.9 Å². The number of benzene rings is 2. The molecule has 3 aromatic rings. The van der Waals surface area contributed by atoms with E-state index in [1.807, 2.05) is 49.4 Å². The van der Waals surface area contributed by atoms with E-state index in [-0.39, 0.29) is 5.78 Å². The molecule has 2 aromatic carbocycles. The normalized spacial score (nSPS) is 14.1. The van der Waals surface area contributed by atoms with Gasteiger partial charge < -0.3 is 19.1 Å². The highest BCUT2D eigenvalue weighted by atomic mass is 16.5. The quantitative estimate of drug-likeness (QED) is 0.602. The molecule has 1 fully saturated rings.